The summed E-state index contributed by atoms with van der Waals surface area (Å²) in [7, 11) is 1.69. The van der Waals surface area contributed by atoms with Crippen LogP contribution in [0.15, 0.2) is 84.2 Å². The summed E-state index contributed by atoms with van der Waals surface area (Å²) in [4.78, 5) is 1.59. The third-order valence-electron chi connectivity index (χ3n) is 6.84. The molecule has 1 saturated heterocycles. The second-order valence-electron chi connectivity index (χ2n) is 9.24. The van der Waals surface area contributed by atoms with Crippen LogP contribution in [0.3, 0.4) is 0 Å². The monoisotopic (exact) mass is 470 g/mol. The molecule has 0 aromatic heterocycles. The lowest BCUT2D eigenvalue weighted by molar-refractivity contribution is -0.907. The average Bonchev–Trinajstić information content (AvgIpc) is 3.31. The summed E-state index contributed by atoms with van der Waals surface area (Å²) in [5.74, 6) is 0.873. The number of morpholine rings is 1. The molecule has 0 spiro atoms. The Morgan fingerprint density at radius 1 is 0.914 bits per heavy atom. The quantitative estimate of drug-likeness (QED) is 0.522. The van der Waals surface area contributed by atoms with Gasteiger partial charge >= 0.3 is 0 Å². The molecule has 2 N–H and O–H groups in total. The van der Waals surface area contributed by atoms with Crippen molar-refractivity contribution in [3.05, 3.63) is 101 Å². The van der Waals surface area contributed by atoms with Gasteiger partial charge in [-0.05, 0) is 47.9 Å². The topological polar surface area (TPSA) is 52.3 Å². The van der Waals surface area contributed by atoms with Crippen molar-refractivity contribution in [2.45, 2.75) is 19.8 Å². The molecule has 0 unspecified atom stereocenters. The molecule has 3 aromatic rings. The van der Waals surface area contributed by atoms with Gasteiger partial charge in [-0.2, -0.15) is 0 Å². The number of hydrazine groups is 1. The van der Waals surface area contributed by atoms with Gasteiger partial charge in [0.25, 0.3) is 0 Å². The summed E-state index contributed by atoms with van der Waals surface area (Å²) in [5.41, 5.74) is 16.4. The lowest BCUT2D eigenvalue weighted by Crippen LogP contribution is -3.14. The Hall–Kier alpha value is -3.32. The van der Waals surface area contributed by atoms with Crippen LogP contribution in [0, 0.1) is 6.92 Å². The van der Waals surface area contributed by atoms with Crippen molar-refractivity contribution in [3.63, 3.8) is 0 Å². The van der Waals surface area contributed by atoms with Crippen molar-refractivity contribution < 1.29 is 14.4 Å². The van der Waals surface area contributed by atoms with Gasteiger partial charge in [-0.25, -0.2) is 0 Å². The highest BCUT2D eigenvalue weighted by Crippen LogP contribution is 2.32. The second-order valence-corrected chi connectivity index (χ2v) is 9.24. The number of nitrogens with zero attached hydrogens (tertiary/aromatic N) is 2. The third kappa shape index (κ3) is 5.68. The van der Waals surface area contributed by atoms with Crippen LogP contribution in [0.4, 0.5) is 5.69 Å². The lowest BCUT2D eigenvalue weighted by Gasteiger charge is -2.27. The molecule has 5 rings (SSSR count). The summed E-state index contributed by atoms with van der Waals surface area (Å²) in [6, 6.07) is 25.7. The summed E-state index contributed by atoms with van der Waals surface area (Å²) in [6.45, 7) is 7.04. The van der Waals surface area contributed by atoms with Crippen molar-refractivity contribution in [1.29, 1.82) is 0 Å². The highest BCUT2D eigenvalue weighted by molar-refractivity contribution is 5.65. The Balaban J connectivity index is 1.36. The molecule has 0 amide bonds. The van der Waals surface area contributed by atoms with E-state index >= 15 is 0 Å². The number of methoxy groups -OCH3 is 1. The number of rotatable bonds is 8. The van der Waals surface area contributed by atoms with Gasteiger partial charge in [0.15, 0.2) is 0 Å². The maximum absolute atomic E-state index is 5.53. The van der Waals surface area contributed by atoms with Crippen LogP contribution in [0.25, 0.3) is 16.6 Å². The molecular formula is C29H34N4O2. The van der Waals surface area contributed by atoms with E-state index in [0.29, 0.717) is 0 Å². The lowest BCUT2D eigenvalue weighted by atomic mass is 10.0. The van der Waals surface area contributed by atoms with Crippen LogP contribution in [-0.4, -0.2) is 40.0 Å². The summed E-state index contributed by atoms with van der Waals surface area (Å²) >= 11 is 0. The smallest absolute Gasteiger partial charge is 0.118 e. The number of nitrogens with one attached hydrogen (secondary N) is 2. The number of quaternary nitrogens is 1. The molecule has 6 heteroatoms. The molecule has 2 heterocycles. The number of hydrogen-bond acceptors (Lipinski definition) is 4. The summed E-state index contributed by atoms with van der Waals surface area (Å²) < 4.78 is 10.8. The standard InChI is InChI=1S/C29H33N4O2/c1-22-3-11-26(12-4-22)33-29(28(30-31-33)15-16-32-17-19-35-20-18-32)21-23-5-7-24(8-6-23)25-9-13-27(34-2)14-10-25/h3-14,31H,15-21H2,1-2H3/q-1/p+1. The van der Waals surface area contributed by atoms with Gasteiger partial charge in [0.2, 0.25) is 0 Å². The number of benzene rings is 3. The first-order valence-corrected chi connectivity index (χ1v) is 12.4. The highest BCUT2D eigenvalue weighted by Gasteiger charge is 2.19. The van der Waals surface area contributed by atoms with Gasteiger partial charge in [-0.3, -0.25) is 5.01 Å². The van der Waals surface area contributed by atoms with E-state index in [2.05, 4.69) is 78.1 Å². The SMILES string of the molecule is COc1ccc(-c2ccc(CC3=C(CC[NH+]4CCOCC4)[N-]NN3c3ccc(C)cc3)cc2)cc1. The molecule has 2 aliphatic heterocycles. The predicted octanol–water partition coefficient (Wildman–Crippen LogP) is 4.04. The molecule has 35 heavy (non-hydrogen) atoms. The third-order valence-corrected chi connectivity index (χ3v) is 6.84. The zero-order valence-corrected chi connectivity index (χ0v) is 20.6. The first kappa shape index (κ1) is 23.4. The fourth-order valence-corrected chi connectivity index (χ4v) is 4.65. The predicted molar refractivity (Wildman–Crippen MR) is 140 cm³/mol. The van der Waals surface area contributed by atoms with Gasteiger partial charge in [-0.1, -0.05) is 54.1 Å². The molecule has 0 atom stereocenters. The van der Waals surface area contributed by atoms with Gasteiger partial charge < -0.3 is 25.3 Å². The first-order valence-electron chi connectivity index (χ1n) is 12.4. The molecule has 6 nitrogen and oxygen atoms in total. The van der Waals surface area contributed by atoms with E-state index in [4.69, 9.17) is 14.9 Å². The largest absolute Gasteiger partial charge is 0.605 e. The maximum atomic E-state index is 5.53. The van der Waals surface area contributed by atoms with E-state index in [1.165, 1.54) is 28.0 Å². The van der Waals surface area contributed by atoms with Crippen LogP contribution < -0.4 is 20.2 Å². The van der Waals surface area contributed by atoms with E-state index in [0.717, 1.165) is 62.8 Å². The molecule has 0 radical (unpaired) electrons. The Morgan fingerprint density at radius 2 is 1.57 bits per heavy atom. The van der Waals surface area contributed by atoms with Gasteiger partial charge in [-0.15, -0.1) is 5.70 Å². The number of hydrogen-bond donors (Lipinski definition) is 2. The minimum atomic E-state index is 0.820. The molecular weight excluding hydrogens is 436 g/mol. The molecule has 1 fully saturated rings. The van der Waals surface area contributed by atoms with Crippen molar-refractivity contribution >= 4 is 5.69 Å². The van der Waals surface area contributed by atoms with Crippen molar-refractivity contribution in [1.82, 2.24) is 5.53 Å². The normalized spacial score (nSPS) is 16.5. The van der Waals surface area contributed by atoms with E-state index in [1.54, 1.807) is 12.0 Å². The Bertz CT molecular complexity index is 1130. The first-order chi connectivity index (χ1) is 17.2. The minimum absolute atomic E-state index is 0.820. The Morgan fingerprint density at radius 3 is 2.23 bits per heavy atom. The van der Waals surface area contributed by atoms with Gasteiger partial charge in [0, 0.05) is 18.5 Å². The Kier molecular flexibility index (Phi) is 7.33. The molecule has 3 aromatic carbocycles. The molecule has 0 aliphatic carbocycles. The molecule has 0 saturated carbocycles. The van der Waals surface area contributed by atoms with Crippen molar-refractivity contribution in [2.24, 2.45) is 0 Å². The van der Waals surface area contributed by atoms with E-state index in [9.17, 15) is 0 Å². The number of allylic oxidation sites excluding steroid dienone is 1. The summed E-state index contributed by atoms with van der Waals surface area (Å²) in [6.07, 6.45) is 1.77. The van der Waals surface area contributed by atoms with Crippen LogP contribution >= 0.6 is 0 Å². The van der Waals surface area contributed by atoms with E-state index in [1.807, 2.05) is 12.1 Å². The van der Waals surface area contributed by atoms with Crippen molar-refractivity contribution in [2.75, 3.05) is 45.0 Å². The number of ether oxygens (including phenoxy) is 2. The number of aryl methyl sites for hydroxylation is 1. The minimum Gasteiger partial charge on any atom is -0.605 e. The second kappa shape index (κ2) is 11.0. The fraction of sp³-hybridized carbons (Fsp3) is 0.310. The van der Waals surface area contributed by atoms with Gasteiger partial charge in [0.05, 0.1) is 32.6 Å². The molecule has 0 bridgehead atoms. The van der Waals surface area contributed by atoms with Crippen LogP contribution in [0.1, 0.15) is 17.5 Å². The number of anilines is 1. The molecule has 2 aliphatic rings. The zero-order valence-electron chi connectivity index (χ0n) is 20.6. The van der Waals surface area contributed by atoms with E-state index < -0.39 is 0 Å². The molecule has 182 valence electrons. The Labute approximate surface area is 208 Å². The average molecular weight is 471 g/mol. The van der Waals surface area contributed by atoms with Crippen LogP contribution in [0.5, 0.6) is 5.75 Å². The highest BCUT2D eigenvalue weighted by atomic mass is 16.5. The van der Waals surface area contributed by atoms with Gasteiger partial charge in [0.1, 0.15) is 18.8 Å². The van der Waals surface area contributed by atoms with Crippen molar-refractivity contribution in [3.8, 4) is 16.9 Å². The zero-order chi connectivity index (χ0) is 24.0. The van der Waals surface area contributed by atoms with Crippen LogP contribution in [0.2, 0.25) is 0 Å². The van der Waals surface area contributed by atoms with E-state index in [-0.39, 0.29) is 0 Å². The maximum Gasteiger partial charge on any atom is 0.118 e. The van der Waals surface area contributed by atoms with Crippen LogP contribution in [-0.2, 0) is 11.2 Å². The fourth-order valence-electron chi connectivity index (χ4n) is 4.65. The summed E-state index contributed by atoms with van der Waals surface area (Å²) in [5, 5.41) is 2.14.